The molecular weight excluding hydrogens is 243 g/mol. The van der Waals surface area contributed by atoms with Gasteiger partial charge in [-0.25, -0.2) is 12.9 Å². The Balaban J connectivity index is 3.13. The molecule has 0 aliphatic heterocycles. The van der Waals surface area contributed by atoms with Crippen molar-refractivity contribution in [2.75, 3.05) is 0 Å². The molecule has 0 saturated carbocycles. The standard InChI is InChI=1S/C5H5IN4/c6-10-4-3-8-5-7-1-2-9-10/h1-5H. The van der Waals surface area contributed by atoms with Crippen molar-refractivity contribution in [3.8, 4) is 0 Å². The number of hydrogen-bond acceptors (Lipinski definition) is 3. The Hall–Kier alpha value is -0.720. The molecule has 0 fully saturated rings. The Kier molecular flexibility index (Phi) is 3.07. The Morgan fingerprint density at radius 3 is 2.80 bits per heavy atom. The third-order valence-corrected chi connectivity index (χ3v) is 1.31. The third-order valence-electron chi connectivity index (χ3n) is 0.739. The van der Waals surface area contributed by atoms with Crippen LogP contribution in [0.25, 0.3) is 0 Å². The quantitative estimate of drug-likeness (QED) is 0.643. The van der Waals surface area contributed by atoms with Crippen molar-refractivity contribution in [2.45, 2.75) is 0 Å². The summed E-state index contributed by atoms with van der Waals surface area (Å²) in [7, 11) is 0. The van der Waals surface area contributed by atoms with Crippen LogP contribution in [0.2, 0.25) is 0 Å². The summed E-state index contributed by atoms with van der Waals surface area (Å²) in [5, 5.41) is 3.92. The first kappa shape index (κ1) is 7.39. The first-order valence-corrected chi connectivity index (χ1v) is 3.55. The van der Waals surface area contributed by atoms with Gasteiger partial charge in [-0.1, -0.05) is 0 Å². The molecule has 5 heteroatoms. The maximum atomic E-state index is 3.92. The summed E-state index contributed by atoms with van der Waals surface area (Å²) in [6.07, 6.45) is 7.96. The second kappa shape index (κ2) is 4.15. The van der Waals surface area contributed by atoms with Crippen LogP contribution in [-0.4, -0.2) is 18.0 Å². The molecule has 0 atom stereocenters. The monoisotopic (exact) mass is 248 g/mol. The highest BCUT2D eigenvalue weighted by Gasteiger charge is 1.69. The Bertz CT molecular complexity index is 221. The molecule has 0 N–H and O–H groups in total. The lowest BCUT2D eigenvalue weighted by molar-refractivity contribution is 1.01. The molecule has 0 spiro atoms. The lowest BCUT2D eigenvalue weighted by atomic mass is 10.9. The molecule has 0 saturated heterocycles. The van der Waals surface area contributed by atoms with Crippen molar-refractivity contribution in [3.63, 3.8) is 0 Å². The molecule has 1 aromatic heterocycles. The minimum atomic E-state index is 1.46. The van der Waals surface area contributed by atoms with Crippen molar-refractivity contribution in [1.82, 2.24) is 18.0 Å². The van der Waals surface area contributed by atoms with E-state index in [-0.39, 0.29) is 0 Å². The van der Waals surface area contributed by atoms with Gasteiger partial charge in [0.1, 0.15) is 6.33 Å². The second-order valence-electron chi connectivity index (χ2n) is 1.41. The lowest BCUT2D eigenvalue weighted by Gasteiger charge is -1.80. The zero-order valence-electron chi connectivity index (χ0n) is 5.05. The second-order valence-corrected chi connectivity index (χ2v) is 2.40. The lowest BCUT2D eigenvalue weighted by Crippen LogP contribution is -1.79. The molecule has 0 aliphatic rings. The Morgan fingerprint density at radius 2 is 1.90 bits per heavy atom. The van der Waals surface area contributed by atoms with E-state index in [2.05, 4.69) is 15.1 Å². The fourth-order valence-electron chi connectivity index (χ4n) is 0.379. The van der Waals surface area contributed by atoms with Crippen LogP contribution in [0.1, 0.15) is 0 Å². The Labute approximate surface area is 72.1 Å². The van der Waals surface area contributed by atoms with Gasteiger partial charge >= 0.3 is 0 Å². The van der Waals surface area contributed by atoms with E-state index in [1.807, 2.05) is 22.9 Å². The van der Waals surface area contributed by atoms with E-state index in [0.717, 1.165) is 0 Å². The molecule has 4 nitrogen and oxygen atoms in total. The van der Waals surface area contributed by atoms with Crippen molar-refractivity contribution >= 4 is 22.9 Å². The van der Waals surface area contributed by atoms with Crippen LogP contribution in [0.15, 0.2) is 31.1 Å². The van der Waals surface area contributed by atoms with Gasteiger partial charge in [-0.2, -0.15) is 5.10 Å². The van der Waals surface area contributed by atoms with E-state index in [0.29, 0.717) is 0 Å². The van der Waals surface area contributed by atoms with Crippen LogP contribution >= 0.6 is 22.9 Å². The number of nitrogens with zero attached hydrogens (tertiary/aromatic N) is 4. The molecular formula is C5H5IN4. The SMILES string of the molecule is In1ccncnccn1. The summed E-state index contributed by atoms with van der Waals surface area (Å²) in [6, 6.07) is 0. The summed E-state index contributed by atoms with van der Waals surface area (Å²) in [4.78, 5) is 7.59. The fourth-order valence-corrected chi connectivity index (χ4v) is 0.667. The molecule has 1 heterocycles. The van der Waals surface area contributed by atoms with Crippen LogP contribution in [-0.2, 0) is 0 Å². The summed E-state index contributed by atoms with van der Waals surface area (Å²) in [5.41, 5.74) is 0. The molecule has 0 amide bonds. The highest BCUT2D eigenvalue weighted by atomic mass is 127. The van der Waals surface area contributed by atoms with Crippen molar-refractivity contribution < 1.29 is 0 Å². The van der Waals surface area contributed by atoms with Crippen LogP contribution in [0.5, 0.6) is 0 Å². The molecule has 0 bridgehead atoms. The zero-order chi connectivity index (χ0) is 7.23. The van der Waals surface area contributed by atoms with E-state index in [1.54, 1.807) is 27.7 Å². The van der Waals surface area contributed by atoms with Crippen molar-refractivity contribution in [1.29, 1.82) is 0 Å². The smallest absolute Gasteiger partial charge is 0.115 e. The minimum absolute atomic E-state index is 1.46. The van der Waals surface area contributed by atoms with Gasteiger partial charge in [0.2, 0.25) is 0 Å². The normalized spacial score (nSPS) is 8.50. The predicted octanol–water partition coefficient (Wildman–Crippen LogP) is 0.996. The molecule has 0 aromatic carbocycles. The maximum absolute atomic E-state index is 3.92. The molecule has 0 aliphatic carbocycles. The first-order chi connectivity index (χ1) is 4.89. The number of hydrogen-bond donors (Lipinski definition) is 0. The van der Waals surface area contributed by atoms with E-state index in [1.165, 1.54) is 6.33 Å². The van der Waals surface area contributed by atoms with Crippen molar-refractivity contribution in [3.05, 3.63) is 31.1 Å². The highest BCUT2D eigenvalue weighted by Crippen LogP contribution is 1.82. The third kappa shape index (κ3) is 2.72. The number of halogens is 1. The largest absolute Gasteiger partial charge is 0.243 e. The van der Waals surface area contributed by atoms with Gasteiger partial charge in [-0.3, -0.25) is 0 Å². The van der Waals surface area contributed by atoms with Gasteiger partial charge in [0.25, 0.3) is 0 Å². The first-order valence-electron chi connectivity index (χ1n) is 2.58. The topological polar surface area (TPSA) is 43.6 Å². The number of aromatic nitrogens is 4. The van der Waals surface area contributed by atoms with E-state index in [9.17, 15) is 0 Å². The maximum Gasteiger partial charge on any atom is 0.115 e. The zero-order valence-corrected chi connectivity index (χ0v) is 7.21. The van der Waals surface area contributed by atoms with E-state index >= 15 is 0 Å². The van der Waals surface area contributed by atoms with Gasteiger partial charge in [-0.15, -0.1) is 0 Å². The van der Waals surface area contributed by atoms with E-state index < -0.39 is 0 Å². The molecule has 52 valence electrons. The van der Waals surface area contributed by atoms with Gasteiger partial charge in [0.05, 0.1) is 35.3 Å². The van der Waals surface area contributed by atoms with Gasteiger partial charge in [-0.05, 0) is 0 Å². The summed E-state index contributed by atoms with van der Waals surface area (Å²) in [6.45, 7) is 0. The molecule has 1 aromatic rings. The van der Waals surface area contributed by atoms with Crippen LogP contribution in [0, 0.1) is 0 Å². The van der Waals surface area contributed by atoms with Crippen molar-refractivity contribution in [2.24, 2.45) is 0 Å². The van der Waals surface area contributed by atoms with Crippen LogP contribution < -0.4 is 0 Å². The average molecular weight is 248 g/mol. The van der Waals surface area contributed by atoms with Gasteiger partial charge in [0, 0.05) is 12.4 Å². The van der Waals surface area contributed by atoms with E-state index in [4.69, 9.17) is 0 Å². The minimum Gasteiger partial charge on any atom is -0.243 e. The van der Waals surface area contributed by atoms with Crippen LogP contribution in [0.3, 0.4) is 0 Å². The summed E-state index contributed by atoms with van der Waals surface area (Å²) >= 11 is 2.03. The molecule has 0 radical (unpaired) electrons. The fraction of sp³-hybridized carbons (Fsp3) is 0. The Morgan fingerprint density at radius 1 is 1.10 bits per heavy atom. The number of rotatable bonds is 0. The molecule has 0 unspecified atom stereocenters. The molecule has 1 rings (SSSR count). The summed E-state index contributed by atoms with van der Waals surface area (Å²) in [5.74, 6) is 0. The molecule has 10 heavy (non-hydrogen) atoms. The highest BCUT2D eigenvalue weighted by molar-refractivity contribution is 14.1. The summed E-state index contributed by atoms with van der Waals surface area (Å²) < 4.78 is 1.62. The van der Waals surface area contributed by atoms with Crippen LogP contribution in [0.4, 0.5) is 0 Å². The van der Waals surface area contributed by atoms with Gasteiger partial charge in [0.15, 0.2) is 0 Å². The predicted molar refractivity (Wildman–Crippen MR) is 44.9 cm³/mol. The van der Waals surface area contributed by atoms with Gasteiger partial charge < -0.3 is 0 Å². The average Bonchev–Trinajstić information content (AvgIpc) is 2.02.